The van der Waals surface area contributed by atoms with E-state index in [-0.39, 0.29) is 0 Å². The summed E-state index contributed by atoms with van der Waals surface area (Å²) in [7, 11) is -1.12. The van der Waals surface area contributed by atoms with Crippen molar-refractivity contribution in [2.45, 2.75) is 6.42 Å². The Balaban J connectivity index is 3.69. The van der Waals surface area contributed by atoms with E-state index >= 15 is 0 Å². The number of phosphoric ester groups is 1. The van der Waals surface area contributed by atoms with Crippen molar-refractivity contribution in [1.29, 1.82) is 0 Å². The van der Waals surface area contributed by atoms with Gasteiger partial charge in [-0.15, -0.1) is 0 Å². The quantitative estimate of drug-likeness (QED) is 0.510. The maximum atomic E-state index is 11.4. The number of hydrogen-bond acceptors (Lipinski definition) is 4. The Kier molecular flexibility index (Phi) is 6.33. The van der Waals surface area contributed by atoms with Crippen molar-refractivity contribution in [3.63, 3.8) is 0 Å². The normalized spacial score (nSPS) is 14.4. The molecule has 4 nitrogen and oxygen atoms in total. The van der Waals surface area contributed by atoms with Gasteiger partial charge in [-0.3, -0.25) is 13.6 Å². The van der Waals surface area contributed by atoms with Gasteiger partial charge in [-0.25, -0.2) is 14.6 Å². The molecule has 0 N–H and O–H groups in total. The van der Waals surface area contributed by atoms with Gasteiger partial charge in [-0.2, -0.15) is 0 Å². The molecule has 88 valence electrons. The van der Waals surface area contributed by atoms with Gasteiger partial charge in [0.25, 0.3) is 0 Å². The van der Waals surface area contributed by atoms with Crippen LogP contribution in [-0.2, 0) is 18.1 Å². The Morgan fingerprint density at radius 2 is 1.64 bits per heavy atom. The minimum Gasteiger partial charge on any atom is -0.290 e. The summed E-state index contributed by atoms with van der Waals surface area (Å²) in [5, 5.41) is 0. The molecule has 0 bridgehead atoms. The molecule has 0 aliphatic rings. The molecule has 0 rings (SSSR count). The van der Waals surface area contributed by atoms with E-state index in [0.717, 1.165) is 12.2 Å². The van der Waals surface area contributed by atoms with Crippen LogP contribution in [0.2, 0.25) is 0 Å². The van der Waals surface area contributed by atoms with Crippen LogP contribution in [0.1, 0.15) is 6.42 Å². The van der Waals surface area contributed by atoms with Crippen molar-refractivity contribution in [3.05, 3.63) is 0 Å². The summed E-state index contributed by atoms with van der Waals surface area (Å²) < 4.78 is 25.7. The predicted molar refractivity (Wildman–Crippen MR) is 62.4 cm³/mol. The van der Waals surface area contributed by atoms with Crippen LogP contribution in [0.3, 0.4) is 0 Å². The Hall–Kier alpha value is 0.460. The average molecular weight is 244 g/mol. The molecule has 0 atom stereocenters. The van der Waals surface area contributed by atoms with Crippen molar-refractivity contribution in [1.82, 2.24) is 0 Å². The fourth-order valence-electron chi connectivity index (χ4n) is 0.848. The molecule has 14 heavy (non-hydrogen) atoms. The number of phosphoric acid groups is 1. The number of hydrogen-bond donors (Lipinski definition) is 0. The van der Waals surface area contributed by atoms with E-state index in [2.05, 4.69) is 27.8 Å². The topological polar surface area (TPSA) is 44.8 Å². The summed E-state index contributed by atoms with van der Waals surface area (Å²) in [6.45, 7) is 0.420. The van der Waals surface area contributed by atoms with E-state index in [9.17, 15) is 4.57 Å². The first-order chi connectivity index (χ1) is 6.33. The molecule has 0 aliphatic carbocycles. The third-order valence-corrected chi connectivity index (χ3v) is 4.50. The van der Waals surface area contributed by atoms with Gasteiger partial charge in [0, 0.05) is 14.2 Å². The molecule has 0 amide bonds. The summed E-state index contributed by atoms with van der Waals surface area (Å²) >= 11 is 0. The summed E-state index contributed by atoms with van der Waals surface area (Å²) in [4.78, 5) is 0. The standard InChI is InChI=1S/C8H21O4PS/c1-10-13(9,11-2)12-7-6-8-14(3,4)5/h6-8H2,1-5H3. The third-order valence-electron chi connectivity index (χ3n) is 1.60. The summed E-state index contributed by atoms with van der Waals surface area (Å²) in [6, 6.07) is 0. The van der Waals surface area contributed by atoms with Gasteiger partial charge < -0.3 is 0 Å². The average Bonchev–Trinajstić information content (AvgIpc) is 2.11. The summed E-state index contributed by atoms with van der Waals surface area (Å²) in [5.74, 6) is 1.10. The molecule has 0 aromatic heterocycles. The second-order valence-electron chi connectivity index (χ2n) is 3.79. The fraction of sp³-hybridized carbons (Fsp3) is 1.00. The highest BCUT2D eigenvalue weighted by Gasteiger charge is 2.22. The highest BCUT2D eigenvalue weighted by Crippen LogP contribution is 2.47. The van der Waals surface area contributed by atoms with Crippen molar-refractivity contribution in [2.75, 3.05) is 45.3 Å². The van der Waals surface area contributed by atoms with Crippen LogP contribution in [0.25, 0.3) is 0 Å². The second kappa shape index (κ2) is 6.13. The number of rotatable bonds is 7. The first-order valence-electron chi connectivity index (χ1n) is 4.35. The van der Waals surface area contributed by atoms with Crippen LogP contribution in [0.5, 0.6) is 0 Å². The van der Waals surface area contributed by atoms with E-state index in [1.165, 1.54) is 14.2 Å². The maximum absolute atomic E-state index is 11.4. The lowest BCUT2D eigenvalue weighted by Gasteiger charge is -2.25. The zero-order valence-electron chi connectivity index (χ0n) is 9.61. The predicted octanol–water partition coefficient (Wildman–Crippen LogP) is 2.49. The highest BCUT2D eigenvalue weighted by molar-refractivity contribution is 8.32. The lowest BCUT2D eigenvalue weighted by molar-refractivity contribution is 0.152. The van der Waals surface area contributed by atoms with Crippen LogP contribution < -0.4 is 0 Å². The summed E-state index contributed by atoms with van der Waals surface area (Å²) in [6.07, 6.45) is 7.59. The second-order valence-corrected chi connectivity index (χ2v) is 10.3. The molecule has 0 radical (unpaired) electrons. The zero-order chi connectivity index (χ0) is 11.2. The van der Waals surface area contributed by atoms with Crippen molar-refractivity contribution < 1.29 is 18.1 Å². The van der Waals surface area contributed by atoms with Crippen molar-refractivity contribution >= 4 is 17.9 Å². The lowest BCUT2D eigenvalue weighted by atomic mass is 10.5. The van der Waals surface area contributed by atoms with E-state index < -0.39 is 17.9 Å². The monoisotopic (exact) mass is 244 g/mol. The van der Waals surface area contributed by atoms with Gasteiger partial charge in [0.2, 0.25) is 0 Å². The molecular weight excluding hydrogens is 223 g/mol. The van der Waals surface area contributed by atoms with Gasteiger partial charge in [0.1, 0.15) is 0 Å². The Morgan fingerprint density at radius 3 is 2.00 bits per heavy atom. The Morgan fingerprint density at radius 1 is 1.14 bits per heavy atom. The molecule has 0 saturated carbocycles. The molecule has 0 aliphatic heterocycles. The van der Waals surface area contributed by atoms with Gasteiger partial charge in [-0.1, -0.05) is 0 Å². The van der Waals surface area contributed by atoms with Crippen molar-refractivity contribution in [2.24, 2.45) is 0 Å². The zero-order valence-corrected chi connectivity index (χ0v) is 11.3. The Bertz CT molecular complexity index is 194. The molecular formula is C8H21O4PS. The van der Waals surface area contributed by atoms with Crippen LogP contribution >= 0.6 is 17.9 Å². The molecule has 0 heterocycles. The van der Waals surface area contributed by atoms with Gasteiger partial charge in [0.15, 0.2) is 0 Å². The van der Waals surface area contributed by atoms with Crippen LogP contribution in [0.4, 0.5) is 0 Å². The first kappa shape index (κ1) is 14.5. The van der Waals surface area contributed by atoms with Gasteiger partial charge >= 0.3 is 7.82 Å². The van der Waals surface area contributed by atoms with Gasteiger partial charge in [0.05, 0.1) is 6.61 Å². The first-order valence-corrected chi connectivity index (χ1v) is 8.84. The van der Waals surface area contributed by atoms with Crippen LogP contribution in [0.15, 0.2) is 0 Å². The molecule has 6 heteroatoms. The van der Waals surface area contributed by atoms with E-state index in [1.807, 2.05) is 0 Å². The van der Waals surface area contributed by atoms with Crippen molar-refractivity contribution in [3.8, 4) is 0 Å². The van der Waals surface area contributed by atoms with Crippen LogP contribution in [-0.4, -0.2) is 45.3 Å². The van der Waals surface area contributed by atoms with Crippen LogP contribution in [0, 0.1) is 0 Å². The fourth-order valence-corrected chi connectivity index (χ4v) is 2.54. The molecule has 0 spiro atoms. The largest absolute Gasteiger partial charge is 0.474 e. The smallest absolute Gasteiger partial charge is 0.290 e. The Labute approximate surface area is 88.2 Å². The molecule has 0 aromatic carbocycles. The lowest BCUT2D eigenvalue weighted by Crippen LogP contribution is -2.03. The van der Waals surface area contributed by atoms with E-state index in [1.54, 1.807) is 0 Å². The minimum absolute atomic E-state index is 0.420. The molecule has 0 unspecified atom stereocenters. The highest BCUT2D eigenvalue weighted by atomic mass is 32.3. The molecule has 0 aromatic rings. The third kappa shape index (κ3) is 6.85. The van der Waals surface area contributed by atoms with E-state index in [0.29, 0.717) is 6.61 Å². The van der Waals surface area contributed by atoms with Gasteiger partial charge in [-0.05, 0) is 30.9 Å². The molecule has 0 saturated heterocycles. The SMILES string of the molecule is COP(=O)(OC)OCCCS(C)(C)C. The minimum atomic E-state index is -3.25. The summed E-state index contributed by atoms with van der Waals surface area (Å²) in [5.41, 5.74) is 0. The molecule has 0 fully saturated rings. The van der Waals surface area contributed by atoms with E-state index in [4.69, 9.17) is 4.52 Å². The maximum Gasteiger partial charge on any atom is 0.474 e.